The smallest absolute Gasteiger partial charge is 0.259 e. The Kier molecular flexibility index (Phi) is 4.76. The average molecular weight is 356 g/mol. The molecule has 0 spiro atoms. The van der Waals surface area contributed by atoms with E-state index in [-0.39, 0.29) is 5.91 Å². The van der Waals surface area contributed by atoms with Crippen molar-refractivity contribution < 1.29 is 9.53 Å². The van der Waals surface area contributed by atoms with Crippen molar-refractivity contribution in [1.29, 1.82) is 0 Å². The Morgan fingerprint density at radius 1 is 1.20 bits per heavy atom. The fraction of sp³-hybridized carbons (Fsp3) is 0.158. The molecule has 0 aliphatic heterocycles. The van der Waals surface area contributed by atoms with E-state index in [2.05, 4.69) is 10.4 Å². The second-order valence-corrected chi connectivity index (χ2v) is 6.13. The van der Waals surface area contributed by atoms with Crippen molar-refractivity contribution in [3.05, 3.63) is 70.5 Å². The van der Waals surface area contributed by atoms with Crippen molar-refractivity contribution in [2.45, 2.75) is 13.8 Å². The van der Waals surface area contributed by atoms with Gasteiger partial charge in [0.1, 0.15) is 5.75 Å². The summed E-state index contributed by atoms with van der Waals surface area (Å²) in [6.07, 6.45) is 1.56. The van der Waals surface area contributed by atoms with Gasteiger partial charge in [-0.1, -0.05) is 23.7 Å². The Balaban J connectivity index is 1.91. The third-order valence-electron chi connectivity index (χ3n) is 3.91. The minimum absolute atomic E-state index is 0.267. The first-order valence-electron chi connectivity index (χ1n) is 7.76. The molecule has 0 atom stereocenters. The number of methoxy groups -OCH3 is 1. The zero-order chi connectivity index (χ0) is 18.0. The molecular weight excluding hydrogens is 338 g/mol. The van der Waals surface area contributed by atoms with Crippen LogP contribution in [0.1, 0.15) is 21.6 Å². The molecule has 0 fully saturated rings. The van der Waals surface area contributed by atoms with Crippen LogP contribution in [0.4, 0.5) is 5.69 Å². The van der Waals surface area contributed by atoms with Gasteiger partial charge in [-0.05, 0) is 49.7 Å². The summed E-state index contributed by atoms with van der Waals surface area (Å²) in [5.74, 6) is 0.276. The number of anilines is 1. The van der Waals surface area contributed by atoms with E-state index in [0.717, 1.165) is 16.9 Å². The van der Waals surface area contributed by atoms with Crippen molar-refractivity contribution in [2.24, 2.45) is 0 Å². The van der Waals surface area contributed by atoms with E-state index in [4.69, 9.17) is 16.3 Å². The fourth-order valence-electron chi connectivity index (χ4n) is 2.62. The zero-order valence-electron chi connectivity index (χ0n) is 14.2. The predicted octanol–water partition coefficient (Wildman–Crippen LogP) is 4.40. The number of hydrogen-bond donors (Lipinski definition) is 1. The third-order valence-corrected chi connectivity index (χ3v) is 4.15. The number of aromatic nitrogens is 2. The number of benzene rings is 2. The lowest BCUT2D eigenvalue weighted by Gasteiger charge is -2.11. The van der Waals surface area contributed by atoms with Crippen molar-refractivity contribution in [3.63, 3.8) is 0 Å². The molecule has 0 aliphatic rings. The maximum atomic E-state index is 12.7. The molecule has 1 N–H and O–H groups in total. The molecule has 0 aliphatic carbocycles. The number of amides is 1. The summed E-state index contributed by atoms with van der Waals surface area (Å²) >= 11 is 6.01. The summed E-state index contributed by atoms with van der Waals surface area (Å²) in [5.41, 5.74) is 3.80. The predicted molar refractivity (Wildman–Crippen MR) is 99.0 cm³/mol. The molecule has 1 heterocycles. The van der Waals surface area contributed by atoms with Crippen molar-refractivity contribution in [2.75, 3.05) is 12.4 Å². The summed E-state index contributed by atoms with van der Waals surface area (Å²) in [5, 5.41) is 7.70. The lowest BCUT2D eigenvalue weighted by molar-refractivity contribution is 0.102. The topological polar surface area (TPSA) is 56.1 Å². The van der Waals surface area contributed by atoms with Crippen LogP contribution in [0.2, 0.25) is 5.02 Å². The second kappa shape index (κ2) is 6.99. The molecule has 25 heavy (non-hydrogen) atoms. The number of nitrogens with one attached hydrogen (secondary N) is 1. The van der Waals surface area contributed by atoms with Crippen LogP contribution in [0.25, 0.3) is 5.69 Å². The molecule has 3 aromatic rings. The van der Waals surface area contributed by atoms with Crippen LogP contribution in [-0.2, 0) is 0 Å². The lowest BCUT2D eigenvalue weighted by atomic mass is 10.2. The number of halogens is 1. The van der Waals surface area contributed by atoms with E-state index in [1.54, 1.807) is 36.2 Å². The van der Waals surface area contributed by atoms with E-state index < -0.39 is 0 Å². The van der Waals surface area contributed by atoms with Crippen LogP contribution in [0.3, 0.4) is 0 Å². The van der Waals surface area contributed by atoms with E-state index in [1.807, 2.05) is 38.1 Å². The Labute approximate surface area is 151 Å². The normalized spacial score (nSPS) is 10.6. The van der Waals surface area contributed by atoms with Gasteiger partial charge in [0.15, 0.2) is 0 Å². The highest BCUT2D eigenvalue weighted by Crippen LogP contribution is 2.28. The molecule has 3 rings (SSSR count). The maximum Gasteiger partial charge on any atom is 0.259 e. The molecule has 0 radical (unpaired) electrons. The van der Waals surface area contributed by atoms with E-state index in [0.29, 0.717) is 22.0 Å². The minimum Gasteiger partial charge on any atom is -0.495 e. The van der Waals surface area contributed by atoms with Gasteiger partial charge in [0.2, 0.25) is 0 Å². The van der Waals surface area contributed by atoms with Crippen molar-refractivity contribution in [3.8, 4) is 11.4 Å². The van der Waals surface area contributed by atoms with Gasteiger partial charge in [0.25, 0.3) is 5.91 Å². The molecule has 2 aromatic carbocycles. The third kappa shape index (κ3) is 3.51. The van der Waals surface area contributed by atoms with Gasteiger partial charge in [-0.15, -0.1) is 0 Å². The van der Waals surface area contributed by atoms with Crippen LogP contribution in [0.5, 0.6) is 5.75 Å². The minimum atomic E-state index is -0.267. The number of aryl methyl sites for hydroxylation is 1. The first-order valence-corrected chi connectivity index (χ1v) is 8.14. The Hall–Kier alpha value is -2.79. The van der Waals surface area contributed by atoms with Gasteiger partial charge in [0.05, 0.1) is 35.9 Å². The summed E-state index contributed by atoms with van der Waals surface area (Å²) in [6, 6.07) is 13.0. The zero-order valence-corrected chi connectivity index (χ0v) is 15.0. The maximum absolute atomic E-state index is 12.7. The molecule has 1 amide bonds. The molecule has 128 valence electrons. The van der Waals surface area contributed by atoms with Crippen LogP contribution in [-0.4, -0.2) is 22.8 Å². The van der Waals surface area contributed by atoms with Gasteiger partial charge in [0, 0.05) is 5.02 Å². The standard InChI is InChI=1S/C19H18ClN3O2/c1-12-5-4-6-15(9-12)23-13(2)16(11-21-23)19(24)22-17-10-14(20)7-8-18(17)25-3/h4-11H,1-3H3,(H,22,24). The average Bonchev–Trinajstić information content (AvgIpc) is 2.97. The Bertz CT molecular complexity index is 934. The molecular formula is C19H18ClN3O2. The summed E-state index contributed by atoms with van der Waals surface area (Å²) < 4.78 is 7.01. The summed E-state index contributed by atoms with van der Waals surface area (Å²) in [4.78, 5) is 12.7. The molecule has 5 nitrogen and oxygen atoms in total. The molecule has 6 heteroatoms. The largest absolute Gasteiger partial charge is 0.495 e. The lowest BCUT2D eigenvalue weighted by Crippen LogP contribution is -2.14. The first-order chi connectivity index (χ1) is 12.0. The quantitative estimate of drug-likeness (QED) is 0.754. The van der Waals surface area contributed by atoms with Gasteiger partial charge in [-0.25, -0.2) is 4.68 Å². The van der Waals surface area contributed by atoms with Crippen molar-refractivity contribution in [1.82, 2.24) is 9.78 Å². The fourth-order valence-corrected chi connectivity index (χ4v) is 2.79. The molecule has 1 aromatic heterocycles. The van der Waals surface area contributed by atoms with Crippen molar-refractivity contribution >= 4 is 23.2 Å². The number of ether oxygens (including phenoxy) is 1. The highest BCUT2D eigenvalue weighted by molar-refractivity contribution is 6.31. The van der Waals surface area contributed by atoms with Gasteiger partial charge >= 0.3 is 0 Å². The highest BCUT2D eigenvalue weighted by Gasteiger charge is 2.17. The summed E-state index contributed by atoms with van der Waals surface area (Å²) in [6.45, 7) is 3.88. The van der Waals surface area contributed by atoms with E-state index in [1.165, 1.54) is 0 Å². The van der Waals surface area contributed by atoms with Crippen LogP contribution >= 0.6 is 11.6 Å². The first kappa shape index (κ1) is 17.0. The highest BCUT2D eigenvalue weighted by atomic mass is 35.5. The number of nitrogens with zero attached hydrogens (tertiary/aromatic N) is 2. The molecule has 0 unspecified atom stereocenters. The SMILES string of the molecule is COc1ccc(Cl)cc1NC(=O)c1cnn(-c2cccc(C)c2)c1C. The number of rotatable bonds is 4. The summed E-state index contributed by atoms with van der Waals surface area (Å²) in [7, 11) is 1.54. The van der Waals surface area contributed by atoms with Crippen LogP contribution in [0, 0.1) is 13.8 Å². The van der Waals surface area contributed by atoms with E-state index >= 15 is 0 Å². The molecule has 0 saturated heterocycles. The Morgan fingerprint density at radius 2 is 2.00 bits per heavy atom. The Morgan fingerprint density at radius 3 is 2.72 bits per heavy atom. The molecule has 0 saturated carbocycles. The number of hydrogen-bond acceptors (Lipinski definition) is 3. The van der Waals surface area contributed by atoms with Crippen LogP contribution in [0.15, 0.2) is 48.7 Å². The molecule has 0 bridgehead atoms. The van der Waals surface area contributed by atoms with Gasteiger partial charge < -0.3 is 10.1 Å². The van der Waals surface area contributed by atoms with Gasteiger partial charge in [-0.3, -0.25) is 4.79 Å². The van der Waals surface area contributed by atoms with E-state index in [9.17, 15) is 4.79 Å². The number of carbonyl (C=O) groups excluding carboxylic acids is 1. The monoisotopic (exact) mass is 355 g/mol. The van der Waals surface area contributed by atoms with Gasteiger partial charge in [-0.2, -0.15) is 5.10 Å². The van der Waals surface area contributed by atoms with Crippen LogP contribution < -0.4 is 10.1 Å². The number of carbonyl (C=O) groups is 1. The second-order valence-electron chi connectivity index (χ2n) is 5.69.